The maximum atomic E-state index is 9.18. The Morgan fingerprint density at radius 1 is 1.27 bits per heavy atom. The van der Waals surface area contributed by atoms with Crippen molar-refractivity contribution < 1.29 is 9.84 Å². The van der Waals surface area contributed by atoms with Gasteiger partial charge in [0.1, 0.15) is 11.9 Å². The van der Waals surface area contributed by atoms with Gasteiger partial charge in [-0.15, -0.1) is 0 Å². The lowest BCUT2D eigenvalue weighted by atomic mass is 10.1. The van der Waals surface area contributed by atoms with Crippen LogP contribution in [0.3, 0.4) is 0 Å². The molecule has 1 radical (unpaired) electrons. The normalized spacial score (nSPS) is 14.0. The van der Waals surface area contributed by atoms with Crippen molar-refractivity contribution in [1.29, 1.82) is 0 Å². The summed E-state index contributed by atoms with van der Waals surface area (Å²) in [5, 5.41) is 9.18. The van der Waals surface area contributed by atoms with Crippen LogP contribution in [-0.4, -0.2) is 17.8 Å². The maximum absolute atomic E-state index is 9.18. The Bertz CT molecular complexity index is 162. The molecular formula is C13H25O2. The van der Waals surface area contributed by atoms with Gasteiger partial charge in [-0.25, -0.2) is 0 Å². The molecule has 0 rings (SSSR count). The van der Waals surface area contributed by atoms with Crippen molar-refractivity contribution >= 4 is 0 Å². The molecule has 0 aliphatic rings. The standard InChI is InChI=1S/C13H25O2/c1-4-6-7-8-9-10-11-15-13(5-2)12(3)14/h5,12,14H,3-4,6-11H2,1-2H3. The smallest absolute Gasteiger partial charge is 0.120 e. The Morgan fingerprint density at radius 2 is 1.87 bits per heavy atom. The zero-order valence-electron chi connectivity index (χ0n) is 10.2. The highest BCUT2D eigenvalue weighted by atomic mass is 16.5. The van der Waals surface area contributed by atoms with Crippen molar-refractivity contribution in [3.05, 3.63) is 18.8 Å². The summed E-state index contributed by atoms with van der Waals surface area (Å²) in [4.78, 5) is 0. The molecule has 2 nitrogen and oxygen atoms in total. The number of hydrogen-bond acceptors (Lipinski definition) is 2. The lowest BCUT2D eigenvalue weighted by Gasteiger charge is -2.12. The highest BCUT2D eigenvalue weighted by molar-refractivity contribution is 4.98. The predicted molar refractivity (Wildman–Crippen MR) is 64.4 cm³/mol. The molecule has 0 saturated carbocycles. The zero-order chi connectivity index (χ0) is 11.5. The van der Waals surface area contributed by atoms with Gasteiger partial charge in [-0.1, -0.05) is 39.0 Å². The molecule has 0 heterocycles. The summed E-state index contributed by atoms with van der Waals surface area (Å²) >= 11 is 0. The van der Waals surface area contributed by atoms with Crippen molar-refractivity contribution in [2.24, 2.45) is 0 Å². The molecule has 15 heavy (non-hydrogen) atoms. The summed E-state index contributed by atoms with van der Waals surface area (Å²) in [7, 11) is 0. The third-order valence-electron chi connectivity index (χ3n) is 2.38. The molecule has 0 aromatic heterocycles. The van der Waals surface area contributed by atoms with E-state index < -0.39 is 6.10 Å². The third-order valence-corrected chi connectivity index (χ3v) is 2.38. The van der Waals surface area contributed by atoms with Crippen molar-refractivity contribution in [1.82, 2.24) is 0 Å². The van der Waals surface area contributed by atoms with E-state index in [0.717, 1.165) is 6.42 Å². The van der Waals surface area contributed by atoms with Gasteiger partial charge in [-0.3, -0.25) is 0 Å². The van der Waals surface area contributed by atoms with Crippen LogP contribution < -0.4 is 0 Å². The molecule has 0 saturated heterocycles. The van der Waals surface area contributed by atoms with Crippen LogP contribution >= 0.6 is 0 Å². The van der Waals surface area contributed by atoms with E-state index in [9.17, 15) is 5.11 Å². The first-order chi connectivity index (χ1) is 7.22. The van der Waals surface area contributed by atoms with E-state index >= 15 is 0 Å². The fourth-order valence-electron chi connectivity index (χ4n) is 1.44. The maximum Gasteiger partial charge on any atom is 0.120 e. The van der Waals surface area contributed by atoms with E-state index in [1.165, 1.54) is 32.1 Å². The Labute approximate surface area is 94.3 Å². The first-order valence-electron chi connectivity index (χ1n) is 6.02. The van der Waals surface area contributed by atoms with Crippen LogP contribution in [-0.2, 0) is 4.74 Å². The lowest BCUT2D eigenvalue weighted by molar-refractivity contribution is 0.122. The van der Waals surface area contributed by atoms with Crippen LogP contribution in [0.15, 0.2) is 11.8 Å². The molecule has 0 aromatic carbocycles. The minimum Gasteiger partial charge on any atom is -0.496 e. The molecule has 0 aromatic rings. The Hall–Kier alpha value is -0.500. The molecule has 1 unspecified atom stereocenters. The van der Waals surface area contributed by atoms with Crippen molar-refractivity contribution in [3.8, 4) is 0 Å². The van der Waals surface area contributed by atoms with Crippen LogP contribution in [0.1, 0.15) is 52.4 Å². The number of ether oxygens (including phenoxy) is 1. The third kappa shape index (κ3) is 8.49. The number of aliphatic hydroxyl groups is 1. The number of hydrogen-bond donors (Lipinski definition) is 1. The highest BCUT2D eigenvalue weighted by Crippen LogP contribution is 2.08. The van der Waals surface area contributed by atoms with Gasteiger partial charge >= 0.3 is 0 Å². The summed E-state index contributed by atoms with van der Waals surface area (Å²) < 4.78 is 5.41. The Kier molecular flexibility index (Phi) is 9.70. The van der Waals surface area contributed by atoms with Crippen molar-refractivity contribution in [3.63, 3.8) is 0 Å². The van der Waals surface area contributed by atoms with Gasteiger partial charge < -0.3 is 9.84 Å². The second kappa shape index (κ2) is 10.0. The molecule has 0 fully saturated rings. The van der Waals surface area contributed by atoms with Gasteiger partial charge in [0.2, 0.25) is 0 Å². The molecule has 89 valence electrons. The number of rotatable bonds is 9. The average Bonchev–Trinajstić information content (AvgIpc) is 2.21. The van der Waals surface area contributed by atoms with Gasteiger partial charge in [0.05, 0.1) is 6.61 Å². The fraction of sp³-hybridized carbons (Fsp3) is 0.769. The highest BCUT2D eigenvalue weighted by Gasteiger charge is 2.03. The molecule has 0 amide bonds. The summed E-state index contributed by atoms with van der Waals surface area (Å²) in [5.41, 5.74) is 0. The first-order valence-corrected chi connectivity index (χ1v) is 6.02. The van der Waals surface area contributed by atoms with Gasteiger partial charge in [-0.2, -0.15) is 0 Å². The van der Waals surface area contributed by atoms with Crippen molar-refractivity contribution in [2.75, 3.05) is 6.61 Å². The van der Waals surface area contributed by atoms with Gasteiger partial charge in [-0.05, 0) is 26.3 Å². The summed E-state index contributed by atoms with van der Waals surface area (Å²) in [5.74, 6) is 0.587. The van der Waals surface area contributed by atoms with Crippen LogP contribution in [0.25, 0.3) is 0 Å². The first kappa shape index (κ1) is 14.5. The van der Waals surface area contributed by atoms with E-state index in [-0.39, 0.29) is 0 Å². The van der Waals surface area contributed by atoms with E-state index in [1.54, 1.807) is 6.08 Å². The van der Waals surface area contributed by atoms with E-state index in [1.807, 2.05) is 6.92 Å². The number of aliphatic hydroxyl groups excluding tert-OH is 1. The molecule has 1 N–H and O–H groups in total. The average molecular weight is 213 g/mol. The van der Waals surface area contributed by atoms with Crippen LogP contribution in [0.5, 0.6) is 0 Å². The van der Waals surface area contributed by atoms with Crippen LogP contribution in [0.2, 0.25) is 0 Å². The predicted octanol–water partition coefficient (Wildman–Crippen LogP) is 3.46. The summed E-state index contributed by atoms with van der Waals surface area (Å²) in [6.07, 6.45) is 8.55. The van der Waals surface area contributed by atoms with E-state index in [2.05, 4.69) is 13.8 Å². The minimum atomic E-state index is -0.727. The second-order valence-corrected chi connectivity index (χ2v) is 3.82. The summed E-state index contributed by atoms with van der Waals surface area (Å²) in [6.45, 7) is 8.28. The molecule has 1 atom stereocenters. The quantitative estimate of drug-likeness (QED) is 0.469. The monoisotopic (exact) mass is 213 g/mol. The topological polar surface area (TPSA) is 29.5 Å². The molecule has 0 aliphatic heterocycles. The minimum absolute atomic E-state index is 0.587. The largest absolute Gasteiger partial charge is 0.496 e. The van der Waals surface area contributed by atoms with Gasteiger partial charge in [0.25, 0.3) is 0 Å². The molecular weight excluding hydrogens is 188 g/mol. The molecule has 0 aliphatic carbocycles. The van der Waals surface area contributed by atoms with E-state index in [0.29, 0.717) is 12.4 Å². The van der Waals surface area contributed by atoms with Crippen molar-refractivity contribution in [2.45, 2.75) is 58.5 Å². The second-order valence-electron chi connectivity index (χ2n) is 3.82. The Balaban J connectivity index is 3.30. The SMILES string of the molecule is [CH2]C(O)C(=CC)OCCCCCCCC. The van der Waals surface area contributed by atoms with Crippen LogP contribution in [0.4, 0.5) is 0 Å². The summed E-state index contributed by atoms with van der Waals surface area (Å²) in [6, 6.07) is 0. The fourth-order valence-corrected chi connectivity index (χ4v) is 1.44. The molecule has 0 spiro atoms. The van der Waals surface area contributed by atoms with Gasteiger partial charge in [0, 0.05) is 0 Å². The number of allylic oxidation sites excluding steroid dienone is 1. The number of unbranched alkanes of at least 4 members (excludes halogenated alkanes) is 5. The van der Waals surface area contributed by atoms with Gasteiger partial charge in [0.15, 0.2) is 0 Å². The lowest BCUT2D eigenvalue weighted by Crippen LogP contribution is -2.09. The van der Waals surface area contributed by atoms with E-state index in [4.69, 9.17) is 4.74 Å². The zero-order valence-corrected chi connectivity index (χ0v) is 10.2. The van der Waals surface area contributed by atoms with Crippen LogP contribution in [0, 0.1) is 6.92 Å². The Morgan fingerprint density at radius 3 is 2.40 bits per heavy atom. The molecule has 0 bridgehead atoms. The molecule has 2 heteroatoms.